The van der Waals surface area contributed by atoms with Crippen LogP contribution < -0.4 is 0 Å². The van der Waals surface area contributed by atoms with Gasteiger partial charge in [0.05, 0.1) is 13.8 Å². The Bertz CT molecular complexity index is 341. The first-order valence-electron chi connectivity index (χ1n) is 5.74. The summed E-state index contributed by atoms with van der Waals surface area (Å²) in [4.78, 5) is 0. The van der Waals surface area contributed by atoms with Gasteiger partial charge in [0.25, 0.3) is 0 Å². The highest BCUT2D eigenvalue weighted by Crippen LogP contribution is 2.52. The van der Waals surface area contributed by atoms with Crippen LogP contribution in [0.25, 0.3) is 0 Å². The normalized spacial score (nSPS) is 30.3. The lowest BCUT2D eigenvalue weighted by Crippen LogP contribution is -2.33. The molecule has 0 aromatic heterocycles. The second-order valence-corrected chi connectivity index (χ2v) is 10.7. The summed E-state index contributed by atoms with van der Waals surface area (Å²) in [5.74, 6) is 0. The molecule has 0 aliphatic carbocycles. The van der Waals surface area contributed by atoms with Crippen molar-refractivity contribution >= 4 is 8.07 Å². The average Bonchev–Trinajstić information content (AvgIpc) is 2.94. The third kappa shape index (κ3) is 1.77. The van der Waals surface area contributed by atoms with Crippen LogP contribution in [-0.2, 0) is 10.3 Å². The van der Waals surface area contributed by atoms with E-state index in [0.29, 0.717) is 5.73 Å². The molecule has 82 valence electrons. The van der Waals surface area contributed by atoms with Gasteiger partial charge >= 0.3 is 0 Å². The van der Waals surface area contributed by atoms with E-state index in [1.165, 1.54) is 5.56 Å². The molecule has 1 heterocycles. The number of ether oxygens (including phenoxy) is 1. The van der Waals surface area contributed by atoms with E-state index < -0.39 is 8.07 Å². The Morgan fingerprint density at radius 3 is 2.20 bits per heavy atom. The summed E-state index contributed by atoms with van der Waals surface area (Å²) in [6, 6.07) is 10.7. The lowest BCUT2D eigenvalue weighted by atomic mass is 9.97. The van der Waals surface area contributed by atoms with Gasteiger partial charge in [0, 0.05) is 0 Å². The molecule has 0 radical (unpaired) electrons. The highest BCUT2D eigenvalue weighted by molar-refractivity contribution is 6.78. The molecule has 0 amide bonds. The SMILES string of the molecule is CCC1(c2ccccc2)OC1[Si](C)(C)C. The number of epoxide rings is 1. The summed E-state index contributed by atoms with van der Waals surface area (Å²) in [5, 5.41) is 0. The van der Waals surface area contributed by atoms with Gasteiger partial charge in [-0.25, -0.2) is 0 Å². The summed E-state index contributed by atoms with van der Waals surface area (Å²) >= 11 is 0. The van der Waals surface area contributed by atoms with Crippen LogP contribution in [0.3, 0.4) is 0 Å². The monoisotopic (exact) mass is 220 g/mol. The topological polar surface area (TPSA) is 12.5 Å². The first-order valence-corrected chi connectivity index (χ1v) is 9.32. The van der Waals surface area contributed by atoms with E-state index in [4.69, 9.17) is 4.74 Å². The van der Waals surface area contributed by atoms with Crippen LogP contribution in [0.1, 0.15) is 18.9 Å². The lowest BCUT2D eigenvalue weighted by Gasteiger charge is -2.17. The third-order valence-corrected chi connectivity index (χ3v) is 5.43. The summed E-state index contributed by atoms with van der Waals surface area (Å²) in [6.07, 6.45) is 1.09. The van der Waals surface area contributed by atoms with Gasteiger partial charge in [-0.2, -0.15) is 0 Å². The van der Waals surface area contributed by atoms with Crippen molar-refractivity contribution in [1.29, 1.82) is 0 Å². The molecule has 1 aromatic rings. The van der Waals surface area contributed by atoms with E-state index in [9.17, 15) is 0 Å². The van der Waals surface area contributed by atoms with Gasteiger partial charge in [-0.3, -0.25) is 0 Å². The summed E-state index contributed by atoms with van der Waals surface area (Å²) in [6.45, 7) is 9.39. The van der Waals surface area contributed by atoms with Crippen molar-refractivity contribution in [2.45, 2.75) is 44.3 Å². The zero-order valence-electron chi connectivity index (χ0n) is 10.1. The van der Waals surface area contributed by atoms with Gasteiger partial charge < -0.3 is 4.74 Å². The van der Waals surface area contributed by atoms with Gasteiger partial charge in [0.2, 0.25) is 0 Å². The van der Waals surface area contributed by atoms with E-state index in [1.54, 1.807) is 0 Å². The first-order chi connectivity index (χ1) is 7.00. The summed E-state index contributed by atoms with van der Waals surface area (Å²) < 4.78 is 6.07. The van der Waals surface area contributed by atoms with Gasteiger partial charge in [-0.1, -0.05) is 56.9 Å². The Morgan fingerprint density at radius 2 is 1.80 bits per heavy atom. The zero-order chi connectivity index (χ0) is 11.1. The van der Waals surface area contributed by atoms with E-state index in [-0.39, 0.29) is 5.60 Å². The largest absolute Gasteiger partial charge is 0.365 e. The fourth-order valence-electron chi connectivity index (χ4n) is 2.47. The number of hydrogen-bond acceptors (Lipinski definition) is 1. The molecule has 2 unspecified atom stereocenters. The van der Waals surface area contributed by atoms with Crippen molar-refractivity contribution in [2.75, 3.05) is 0 Å². The minimum Gasteiger partial charge on any atom is -0.365 e. The number of benzene rings is 1. The molecule has 1 aromatic carbocycles. The van der Waals surface area contributed by atoms with Crippen molar-refractivity contribution in [3.63, 3.8) is 0 Å². The Balaban J connectivity index is 2.29. The van der Waals surface area contributed by atoms with Crippen LogP contribution in [0.4, 0.5) is 0 Å². The molecule has 2 atom stereocenters. The maximum Gasteiger partial charge on any atom is 0.116 e. The van der Waals surface area contributed by atoms with Crippen LogP contribution in [0.5, 0.6) is 0 Å². The van der Waals surface area contributed by atoms with Gasteiger partial charge in [0.1, 0.15) is 5.60 Å². The molecule has 0 bridgehead atoms. The Morgan fingerprint density at radius 1 is 1.20 bits per heavy atom. The lowest BCUT2D eigenvalue weighted by molar-refractivity contribution is 0.297. The quantitative estimate of drug-likeness (QED) is 0.560. The summed E-state index contributed by atoms with van der Waals surface area (Å²) in [5.41, 5.74) is 1.91. The minimum absolute atomic E-state index is 0.0474. The molecule has 0 N–H and O–H groups in total. The van der Waals surface area contributed by atoms with E-state index >= 15 is 0 Å². The molecule has 2 rings (SSSR count). The van der Waals surface area contributed by atoms with Crippen LogP contribution in [-0.4, -0.2) is 13.8 Å². The maximum atomic E-state index is 6.07. The predicted molar refractivity (Wildman–Crippen MR) is 66.6 cm³/mol. The van der Waals surface area contributed by atoms with Gasteiger partial charge in [-0.15, -0.1) is 0 Å². The van der Waals surface area contributed by atoms with E-state index in [1.807, 2.05) is 0 Å². The molecule has 1 fully saturated rings. The van der Waals surface area contributed by atoms with Crippen molar-refractivity contribution < 1.29 is 4.74 Å². The number of rotatable bonds is 3. The third-order valence-electron chi connectivity index (χ3n) is 3.27. The molecule has 15 heavy (non-hydrogen) atoms. The maximum absolute atomic E-state index is 6.07. The fourth-order valence-corrected chi connectivity index (χ4v) is 4.80. The molecular weight excluding hydrogens is 200 g/mol. The van der Waals surface area contributed by atoms with E-state index in [0.717, 1.165) is 6.42 Å². The fraction of sp³-hybridized carbons (Fsp3) is 0.538. The molecule has 1 nitrogen and oxygen atoms in total. The Hall–Kier alpha value is -0.603. The van der Waals surface area contributed by atoms with Gasteiger partial charge in [-0.05, 0) is 12.0 Å². The van der Waals surface area contributed by atoms with Crippen molar-refractivity contribution in [1.82, 2.24) is 0 Å². The first kappa shape index (κ1) is 10.9. The number of hydrogen-bond donors (Lipinski definition) is 0. The Kier molecular flexibility index (Phi) is 2.51. The molecular formula is C13H20OSi. The van der Waals surface area contributed by atoms with Crippen LogP contribution in [0.2, 0.25) is 19.6 Å². The van der Waals surface area contributed by atoms with Crippen molar-refractivity contribution in [2.24, 2.45) is 0 Å². The van der Waals surface area contributed by atoms with Crippen molar-refractivity contribution in [3.8, 4) is 0 Å². The average molecular weight is 220 g/mol. The smallest absolute Gasteiger partial charge is 0.116 e. The highest BCUT2D eigenvalue weighted by atomic mass is 28.3. The second-order valence-electron chi connectivity index (χ2n) is 5.47. The Labute approximate surface area is 93.5 Å². The minimum atomic E-state index is -1.18. The van der Waals surface area contributed by atoms with Crippen LogP contribution >= 0.6 is 0 Å². The highest BCUT2D eigenvalue weighted by Gasteiger charge is 2.61. The zero-order valence-corrected chi connectivity index (χ0v) is 11.1. The van der Waals surface area contributed by atoms with Crippen LogP contribution in [0.15, 0.2) is 30.3 Å². The summed E-state index contributed by atoms with van der Waals surface area (Å²) in [7, 11) is -1.18. The molecule has 0 saturated carbocycles. The molecule has 0 spiro atoms. The molecule has 1 aliphatic rings. The van der Waals surface area contributed by atoms with Crippen LogP contribution in [0, 0.1) is 0 Å². The second kappa shape index (κ2) is 3.46. The standard InChI is InChI=1S/C13H20OSi/c1-5-13(11-9-7-6-8-10-11)12(14-13)15(2,3)4/h6-10,12H,5H2,1-4H3. The molecule has 1 saturated heterocycles. The molecule has 2 heteroatoms. The van der Waals surface area contributed by atoms with Gasteiger partial charge in [0.15, 0.2) is 0 Å². The molecule has 1 aliphatic heterocycles. The van der Waals surface area contributed by atoms with Crippen molar-refractivity contribution in [3.05, 3.63) is 35.9 Å². The predicted octanol–water partition coefficient (Wildman–Crippen LogP) is 3.57. The van der Waals surface area contributed by atoms with E-state index in [2.05, 4.69) is 56.9 Å².